The van der Waals surface area contributed by atoms with Gasteiger partial charge >= 0.3 is 0 Å². The maximum absolute atomic E-state index is 11.9. The summed E-state index contributed by atoms with van der Waals surface area (Å²) in [7, 11) is -3.23. The molecule has 1 atom stereocenters. The Hall–Kier alpha value is -0.500. The van der Waals surface area contributed by atoms with Gasteiger partial charge in [0.25, 0.3) is 0 Å². The molecule has 104 valence electrons. The summed E-state index contributed by atoms with van der Waals surface area (Å²) in [5, 5.41) is 5.54. The zero-order valence-corrected chi connectivity index (χ0v) is 12.5. The summed E-state index contributed by atoms with van der Waals surface area (Å²) in [6.07, 6.45) is 3.38. The predicted octanol–water partition coefficient (Wildman–Crippen LogP) is 0.993. The Balaban J connectivity index is 2.30. The summed E-state index contributed by atoms with van der Waals surface area (Å²) < 4.78 is 26.4. The molecule has 0 fully saturated rings. The van der Waals surface area contributed by atoms with E-state index in [1.165, 1.54) is 0 Å². The third-order valence-electron chi connectivity index (χ3n) is 2.51. The number of rotatable bonds is 9. The molecule has 0 saturated heterocycles. The van der Waals surface area contributed by atoms with Crippen molar-refractivity contribution in [2.45, 2.75) is 31.9 Å². The predicted molar refractivity (Wildman–Crippen MR) is 75.4 cm³/mol. The monoisotopic (exact) mass is 291 g/mol. The van der Waals surface area contributed by atoms with Crippen molar-refractivity contribution in [1.29, 1.82) is 0 Å². The van der Waals surface area contributed by atoms with Crippen LogP contribution in [0, 0.1) is 0 Å². The molecule has 1 aromatic heterocycles. The fourth-order valence-electron chi connectivity index (χ4n) is 1.41. The number of hydrogen-bond acceptors (Lipinski definition) is 5. The average Bonchev–Trinajstić information content (AvgIpc) is 2.82. The van der Waals surface area contributed by atoms with Crippen molar-refractivity contribution in [1.82, 2.24) is 15.0 Å². The van der Waals surface area contributed by atoms with Gasteiger partial charge in [0.2, 0.25) is 10.0 Å². The molecule has 2 N–H and O–H groups in total. The van der Waals surface area contributed by atoms with Crippen LogP contribution in [0.15, 0.2) is 11.6 Å². The first-order valence-corrected chi connectivity index (χ1v) is 8.56. The highest BCUT2D eigenvalue weighted by Gasteiger charge is 2.19. The lowest BCUT2D eigenvalue weighted by Gasteiger charge is -2.14. The third-order valence-corrected chi connectivity index (χ3v) is 5.19. The van der Waals surface area contributed by atoms with Gasteiger partial charge in [-0.05, 0) is 19.9 Å². The lowest BCUT2D eigenvalue weighted by Crippen LogP contribution is -2.39. The minimum absolute atomic E-state index is 0.411. The molecule has 0 amide bonds. The molecule has 0 aliphatic carbocycles. The summed E-state index contributed by atoms with van der Waals surface area (Å²) in [5.41, 5.74) is 0. The average molecular weight is 291 g/mol. The van der Waals surface area contributed by atoms with E-state index >= 15 is 0 Å². The van der Waals surface area contributed by atoms with Crippen molar-refractivity contribution in [3.05, 3.63) is 16.6 Å². The van der Waals surface area contributed by atoms with Gasteiger partial charge in [0.15, 0.2) is 0 Å². The van der Waals surface area contributed by atoms with E-state index in [0.29, 0.717) is 19.5 Å². The largest absolute Gasteiger partial charge is 0.315 e. The highest BCUT2D eigenvalue weighted by molar-refractivity contribution is 7.90. The molecular formula is C11H21N3O2S2. The van der Waals surface area contributed by atoms with Gasteiger partial charge in [0.1, 0.15) is 0 Å². The first-order valence-electron chi connectivity index (χ1n) is 6.14. The zero-order valence-electron chi connectivity index (χ0n) is 10.8. The van der Waals surface area contributed by atoms with Crippen LogP contribution in [-0.2, 0) is 16.4 Å². The first-order chi connectivity index (χ1) is 8.56. The molecule has 1 unspecified atom stereocenters. The highest BCUT2D eigenvalue weighted by atomic mass is 32.2. The standard InChI is InChI=1S/C11H21N3O2S2/c1-3-5-12-9-10(2)18(15,16)14-6-4-11-13-7-8-17-11/h7-8,10,12,14H,3-6,9H2,1-2H3. The van der Waals surface area contributed by atoms with Gasteiger partial charge in [-0.2, -0.15) is 0 Å². The van der Waals surface area contributed by atoms with E-state index in [1.807, 2.05) is 5.38 Å². The molecule has 0 aliphatic rings. The van der Waals surface area contributed by atoms with E-state index in [9.17, 15) is 8.42 Å². The van der Waals surface area contributed by atoms with Gasteiger partial charge in [-0.1, -0.05) is 6.92 Å². The molecule has 1 rings (SSSR count). The summed E-state index contributed by atoms with van der Waals surface area (Å²) in [4.78, 5) is 4.11. The number of thiazole rings is 1. The van der Waals surface area contributed by atoms with E-state index in [2.05, 4.69) is 21.9 Å². The Morgan fingerprint density at radius 3 is 2.83 bits per heavy atom. The minimum Gasteiger partial charge on any atom is -0.315 e. The van der Waals surface area contributed by atoms with Crippen molar-refractivity contribution in [2.24, 2.45) is 0 Å². The van der Waals surface area contributed by atoms with Gasteiger partial charge < -0.3 is 5.32 Å². The number of sulfonamides is 1. The molecule has 0 radical (unpaired) electrons. The van der Waals surface area contributed by atoms with Crippen molar-refractivity contribution in [2.75, 3.05) is 19.6 Å². The van der Waals surface area contributed by atoms with Gasteiger partial charge in [0.05, 0.1) is 10.3 Å². The van der Waals surface area contributed by atoms with Crippen LogP contribution in [0.2, 0.25) is 0 Å². The van der Waals surface area contributed by atoms with E-state index in [4.69, 9.17) is 0 Å². The quantitative estimate of drug-likeness (QED) is 0.666. The number of nitrogens with one attached hydrogen (secondary N) is 2. The van der Waals surface area contributed by atoms with Crippen LogP contribution in [0.25, 0.3) is 0 Å². The van der Waals surface area contributed by atoms with Crippen LogP contribution in [0.5, 0.6) is 0 Å². The Morgan fingerprint density at radius 1 is 1.44 bits per heavy atom. The molecule has 18 heavy (non-hydrogen) atoms. The maximum Gasteiger partial charge on any atom is 0.215 e. The molecule has 1 heterocycles. The summed E-state index contributed by atoms with van der Waals surface area (Å²) in [5.74, 6) is 0. The Bertz CT molecular complexity index is 418. The lowest BCUT2D eigenvalue weighted by atomic mass is 10.4. The normalized spacial score (nSPS) is 13.7. The van der Waals surface area contributed by atoms with E-state index < -0.39 is 15.3 Å². The van der Waals surface area contributed by atoms with Crippen LogP contribution in [0.3, 0.4) is 0 Å². The number of aromatic nitrogens is 1. The highest BCUT2D eigenvalue weighted by Crippen LogP contribution is 2.04. The summed E-state index contributed by atoms with van der Waals surface area (Å²) in [6, 6.07) is 0. The maximum atomic E-state index is 11.9. The van der Waals surface area contributed by atoms with Crippen molar-refractivity contribution < 1.29 is 8.42 Å². The fraction of sp³-hybridized carbons (Fsp3) is 0.727. The SMILES string of the molecule is CCCNCC(C)S(=O)(=O)NCCc1nccs1. The van der Waals surface area contributed by atoms with Gasteiger partial charge in [0, 0.05) is 31.1 Å². The molecule has 7 heteroatoms. The first kappa shape index (κ1) is 15.6. The van der Waals surface area contributed by atoms with Crippen molar-refractivity contribution in [3.63, 3.8) is 0 Å². The Labute approximate surface area is 113 Å². The third kappa shape index (κ3) is 5.43. The summed E-state index contributed by atoms with van der Waals surface area (Å²) in [6.45, 7) is 5.51. The second kappa shape index (κ2) is 7.83. The van der Waals surface area contributed by atoms with E-state index in [-0.39, 0.29) is 0 Å². The molecule has 0 aliphatic heterocycles. The Morgan fingerprint density at radius 2 is 2.22 bits per heavy atom. The second-order valence-electron chi connectivity index (χ2n) is 4.13. The van der Waals surface area contributed by atoms with Crippen LogP contribution in [-0.4, -0.2) is 38.3 Å². The molecule has 0 bridgehead atoms. The van der Waals surface area contributed by atoms with Crippen LogP contribution in [0.4, 0.5) is 0 Å². The Kier molecular flexibility index (Phi) is 6.77. The van der Waals surface area contributed by atoms with Crippen LogP contribution in [0.1, 0.15) is 25.3 Å². The molecule has 0 saturated carbocycles. The molecular weight excluding hydrogens is 270 g/mol. The van der Waals surface area contributed by atoms with Gasteiger partial charge in [-0.15, -0.1) is 11.3 Å². The van der Waals surface area contributed by atoms with Crippen molar-refractivity contribution in [3.8, 4) is 0 Å². The van der Waals surface area contributed by atoms with Crippen molar-refractivity contribution >= 4 is 21.4 Å². The van der Waals surface area contributed by atoms with E-state index in [0.717, 1.165) is 18.0 Å². The second-order valence-corrected chi connectivity index (χ2v) is 7.29. The number of hydrogen-bond donors (Lipinski definition) is 2. The molecule has 0 spiro atoms. The van der Waals surface area contributed by atoms with Crippen LogP contribution >= 0.6 is 11.3 Å². The molecule has 1 aromatic rings. The van der Waals surface area contributed by atoms with Gasteiger partial charge in [-0.3, -0.25) is 0 Å². The minimum atomic E-state index is -3.23. The van der Waals surface area contributed by atoms with Crippen LogP contribution < -0.4 is 10.0 Å². The lowest BCUT2D eigenvalue weighted by molar-refractivity contribution is 0.557. The topological polar surface area (TPSA) is 71.1 Å². The number of nitrogens with zero attached hydrogens (tertiary/aromatic N) is 1. The molecule has 0 aromatic carbocycles. The zero-order chi connectivity index (χ0) is 13.4. The van der Waals surface area contributed by atoms with E-state index in [1.54, 1.807) is 24.5 Å². The molecule has 5 nitrogen and oxygen atoms in total. The summed E-state index contributed by atoms with van der Waals surface area (Å²) >= 11 is 1.54. The van der Waals surface area contributed by atoms with Gasteiger partial charge in [-0.25, -0.2) is 18.1 Å². The fourth-order valence-corrected chi connectivity index (χ4v) is 3.04. The smallest absolute Gasteiger partial charge is 0.215 e.